The van der Waals surface area contributed by atoms with Gasteiger partial charge < -0.3 is 19.5 Å². The maximum atomic E-state index is 12.4. The number of amides is 1. The summed E-state index contributed by atoms with van der Waals surface area (Å²) in [7, 11) is 4.23. The zero-order chi connectivity index (χ0) is 16.0. The molecule has 0 aliphatic carbocycles. The molecular weight excluding hydrogens is 274 g/mol. The van der Waals surface area contributed by atoms with E-state index in [1.807, 2.05) is 13.8 Å². The molecule has 1 amide bonds. The number of carbonyl (C=O) groups excluding carboxylic acids is 2. The molecule has 0 heterocycles. The molecule has 6 nitrogen and oxygen atoms in total. The third-order valence-electron chi connectivity index (χ3n) is 3.06. The molecule has 0 aliphatic heterocycles. The van der Waals surface area contributed by atoms with Crippen LogP contribution in [0.25, 0.3) is 0 Å². The summed E-state index contributed by atoms with van der Waals surface area (Å²) in [6, 6.07) is 4.25. The smallest absolute Gasteiger partial charge is 0.328 e. The molecule has 0 bridgehead atoms. The molecular formula is C15H21NO5. The van der Waals surface area contributed by atoms with E-state index in [9.17, 15) is 9.59 Å². The Hall–Kier alpha value is -2.24. The molecule has 0 spiro atoms. The molecule has 1 N–H and O–H groups in total. The van der Waals surface area contributed by atoms with Gasteiger partial charge in [0.2, 0.25) is 0 Å². The van der Waals surface area contributed by atoms with E-state index in [0.29, 0.717) is 17.1 Å². The normalized spacial score (nSPS) is 11.7. The number of rotatable bonds is 6. The van der Waals surface area contributed by atoms with E-state index in [4.69, 9.17) is 14.2 Å². The fraction of sp³-hybridized carbons (Fsp3) is 0.467. The van der Waals surface area contributed by atoms with Gasteiger partial charge in [-0.2, -0.15) is 0 Å². The Morgan fingerprint density at radius 3 is 2.24 bits per heavy atom. The van der Waals surface area contributed by atoms with Gasteiger partial charge in [0.05, 0.1) is 26.9 Å². The van der Waals surface area contributed by atoms with Crippen LogP contribution in [0.3, 0.4) is 0 Å². The molecule has 1 unspecified atom stereocenters. The lowest BCUT2D eigenvalue weighted by atomic mass is 10.0. The van der Waals surface area contributed by atoms with E-state index in [1.54, 1.807) is 18.2 Å². The van der Waals surface area contributed by atoms with Crippen LogP contribution in [0, 0.1) is 5.92 Å². The van der Waals surface area contributed by atoms with Crippen LogP contribution in [0.1, 0.15) is 24.2 Å². The fourth-order valence-corrected chi connectivity index (χ4v) is 1.91. The second-order valence-corrected chi connectivity index (χ2v) is 4.76. The summed E-state index contributed by atoms with van der Waals surface area (Å²) in [4.78, 5) is 24.1. The summed E-state index contributed by atoms with van der Waals surface area (Å²) in [5.41, 5.74) is 0.298. The van der Waals surface area contributed by atoms with Crippen molar-refractivity contribution in [1.29, 1.82) is 0 Å². The van der Waals surface area contributed by atoms with Crippen molar-refractivity contribution >= 4 is 11.9 Å². The first kappa shape index (κ1) is 16.8. The minimum Gasteiger partial charge on any atom is -0.493 e. The first-order valence-corrected chi connectivity index (χ1v) is 6.55. The second kappa shape index (κ2) is 7.52. The number of esters is 1. The number of benzene rings is 1. The van der Waals surface area contributed by atoms with Crippen LogP contribution in [-0.4, -0.2) is 39.2 Å². The number of hydrogen-bond acceptors (Lipinski definition) is 5. The molecule has 0 aromatic heterocycles. The highest BCUT2D eigenvalue weighted by molar-refractivity contribution is 5.99. The number of ether oxygens (including phenoxy) is 3. The quantitative estimate of drug-likeness (QED) is 0.807. The Labute approximate surface area is 124 Å². The molecule has 1 rings (SSSR count). The largest absolute Gasteiger partial charge is 0.493 e. The van der Waals surface area contributed by atoms with Crippen molar-refractivity contribution in [2.24, 2.45) is 5.92 Å². The van der Waals surface area contributed by atoms with E-state index in [-0.39, 0.29) is 5.92 Å². The van der Waals surface area contributed by atoms with Gasteiger partial charge >= 0.3 is 5.97 Å². The van der Waals surface area contributed by atoms with Gasteiger partial charge in [0.1, 0.15) is 6.04 Å². The third kappa shape index (κ3) is 3.87. The Balaban J connectivity index is 3.06. The zero-order valence-electron chi connectivity index (χ0n) is 12.9. The Morgan fingerprint density at radius 1 is 1.10 bits per heavy atom. The lowest BCUT2D eigenvalue weighted by Gasteiger charge is -2.20. The molecule has 1 aromatic carbocycles. The van der Waals surface area contributed by atoms with Crippen LogP contribution >= 0.6 is 0 Å². The van der Waals surface area contributed by atoms with Crippen LogP contribution in [0.5, 0.6) is 11.5 Å². The van der Waals surface area contributed by atoms with Gasteiger partial charge in [0, 0.05) is 0 Å². The van der Waals surface area contributed by atoms with Crippen LogP contribution < -0.4 is 14.8 Å². The zero-order valence-corrected chi connectivity index (χ0v) is 12.9. The molecule has 0 radical (unpaired) electrons. The van der Waals surface area contributed by atoms with Crippen LogP contribution in [0.15, 0.2) is 18.2 Å². The third-order valence-corrected chi connectivity index (χ3v) is 3.06. The lowest BCUT2D eigenvalue weighted by molar-refractivity contribution is -0.144. The van der Waals surface area contributed by atoms with Crippen LogP contribution in [0.4, 0.5) is 0 Å². The number of hydrogen-bond donors (Lipinski definition) is 1. The topological polar surface area (TPSA) is 73.9 Å². The van der Waals surface area contributed by atoms with Gasteiger partial charge in [-0.1, -0.05) is 19.9 Å². The monoisotopic (exact) mass is 295 g/mol. The van der Waals surface area contributed by atoms with E-state index in [0.717, 1.165) is 0 Å². The van der Waals surface area contributed by atoms with Gasteiger partial charge in [0.15, 0.2) is 11.5 Å². The van der Waals surface area contributed by atoms with Crippen molar-refractivity contribution in [1.82, 2.24) is 5.32 Å². The minimum absolute atomic E-state index is 0.0991. The summed E-state index contributed by atoms with van der Waals surface area (Å²) in [5, 5.41) is 2.66. The highest BCUT2D eigenvalue weighted by Crippen LogP contribution is 2.30. The van der Waals surface area contributed by atoms with Crippen molar-refractivity contribution in [3.05, 3.63) is 23.8 Å². The van der Waals surface area contributed by atoms with Gasteiger partial charge in [-0.15, -0.1) is 0 Å². The predicted molar refractivity (Wildman–Crippen MR) is 77.7 cm³/mol. The molecule has 0 aliphatic rings. The summed E-state index contributed by atoms with van der Waals surface area (Å²) >= 11 is 0. The van der Waals surface area contributed by atoms with Crippen molar-refractivity contribution < 1.29 is 23.8 Å². The maximum Gasteiger partial charge on any atom is 0.328 e. The van der Waals surface area contributed by atoms with Crippen LogP contribution in [-0.2, 0) is 9.53 Å². The van der Waals surface area contributed by atoms with E-state index >= 15 is 0 Å². The Bertz CT molecular complexity index is 513. The van der Waals surface area contributed by atoms with Gasteiger partial charge in [0.25, 0.3) is 5.91 Å². The van der Waals surface area contributed by atoms with E-state index < -0.39 is 17.9 Å². The molecule has 0 saturated carbocycles. The molecule has 21 heavy (non-hydrogen) atoms. The molecule has 1 aromatic rings. The fourth-order valence-electron chi connectivity index (χ4n) is 1.91. The minimum atomic E-state index is -0.724. The number of nitrogens with one attached hydrogen (secondary N) is 1. The average molecular weight is 295 g/mol. The Kier molecular flexibility index (Phi) is 6.02. The average Bonchev–Trinajstić information content (AvgIpc) is 2.50. The number of carbonyl (C=O) groups is 2. The molecule has 116 valence electrons. The van der Waals surface area contributed by atoms with Crippen LogP contribution in [0.2, 0.25) is 0 Å². The molecule has 0 saturated heterocycles. The number of methoxy groups -OCH3 is 3. The van der Waals surface area contributed by atoms with Gasteiger partial charge in [-0.25, -0.2) is 4.79 Å². The first-order chi connectivity index (χ1) is 9.96. The first-order valence-electron chi connectivity index (χ1n) is 6.55. The summed E-state index contributed by atoms with van der Waals surface area (Å²) in [6.45, 7) is 3.65. The van der Waals surface area contributed by atoms with E-state index in [1.165, 1.54) is 21.3 Å². The molecule has 1 atom stereocenters. The summed E-state index contributed by atoms with van der Waals surface area (Å²) in [5.74, 6) is -0.234. The van der Waals surface area contributed by atoms with Crippen molar-refractivity contribution in [3.63, 3.8) is 0 Å². The Morgan fingerprint density at radius 2 is 1.76 bits per heavy atom. The predicted octanol–water partition coefficient (Wildman–Crippen LogP) is 1.63. The van der Waals surface area contributed by atoms with Crippen molar-refractivity contribution in [3.8, 4) is 11.5 Å². The highest BCUT2D eigenvalue weighted by Gasteiger charge is 2.27. The van der Waals surface area contributed by atoms with Gasteiger partial charge in [-0.05, 0) is 18.1 Å². The van der Waals surface area contributed by atoms with E-state index in [2.05, 4.69) is 5.32 Å². The highest BCUT2D eigenvalue weighted by atomic mass is 16.5. The summed E-state index contributed by atoms with van der Waals surface area (Å²) in [6.07, 6.45) is 0. The lowest BCUT2D eigenvalue weighted by Crippen LogP contribution is -2.45. The second-order valence-electron chi connectivity index (χ2n) is 4.76. The number of para-hydroxylation sites is 1. The maximum absolute atomic E-state index is 12.4. The molecule has 0 fully saturated rings. The van der Waals surface area contributed by atoms with Crippen molar-refractivity contribution in [2.45, 2.75) is 19.9 Å². The summed E-state index contributed by atoms with van der Waals surface area (Å²) < 4.78 is 15.1. The standard InChI is InChI=1S/C15H21NO5/c1-9(2)12(15(18)21-5)16-14(17)10-7-6-8-11(19-3)13(10)20-4/h6-9,12H,1-5H3,(H,16,17). The molecule has 6 heteroatoms. The van der Waals surface area contributed by atoms with Crippen molar-refractivity contribution in [2.75, 3.05) is 21.3 Å². The SMILES string of the molecule is COC(=O)C(NC(=O)c1cccc(OC)c1OC)C(C)C. The van der Waals surface area contributed by atoms with Gasteiger partial charge in [-0.3, -0.25) is 4.79 Å².